The molecule has 3 rings (SSSR count). The van der Waals surface area contributed by atoms with Crippen molar-refractivity contribution in [3.63, 3.8) is 0 Å². The maximum atomic E-state index is 5.85. The van der Waals surface area contributed by atoms with Crippen LogP contribution in [0.15, 0.2) is 46.9 Å². The third kappa shape index (κ3) is 3.65. The van der Waals surface area contributed by atoms with Gasteiger partial charge in [-0.25, -0.2) is 0 Å². The van der Waals surface area contributed by atoms with E-state index in [0.717, 1.165) is 11.1 Å². The summed E-state index contributed by atoms with van der Waals surface area (Å²) in [6.07, 6.45) is 0. The Labute approximate surface area is 147 Å². The Morgan fingerprint density at radius 1 is 0.760 bits per heavy atom. The number of methoxy groups -OCH3 is 2. The van der Waals surface area contributed by atoms with E-state index in [-0.39, 0.29) is 5.41 Å². The van der Waals surface area contributed by atoms with E-state index in [1.54, 1.807) is 20.3 Å². The zero-order valence-corrected chi connectivity index (χ0v) is 15.2. The normalized spacial score (nSPS) is 11.4. The van der Waals surface area contributed by atoms with Crippen molar-refractivity contribution in [1.82, 2.24) is 10.2 Å². The van der Waals surface area contributed by atoms with Crippen LogP contribution in [0.25, 0.3) is 22.9 Å². The summed E-state index contributed by atoms with van der Waals surface area (Å²) in [6, 6.07) is 13.7. The van der Waals surface area contributed by atoms with Gasteiger partial charge in [0.2, 0.25) is 11.8 Å². The molecule has 5 heteroatoms. The van der Waals surface area contributed by atoms with Crippen molar-refractivity contribution in [2.75, 3.05) is 14.2 Å². The second-order valence-electron chi connectivity index (χ2n) is 6.84. The van der Waals surface area contributed by atoms with Crippen LogP contribution in [-0.4, -0.2) is 24.4 Å². The summed E-state index contributed by atoms with van der Waals surface area (Å²) in [6.45, 7) is 6.55. The third-order valence-electron chi connectivity index (χ3n) is 4.02. The van der Waals surface area contributed by atoms with Crippen LogP contribution in [0.2, 0.25) is 0 Å². The van der Waals surface area contributed by atoms with Gasteiger partial charge in [0.25, 0.3) is 0 Å². The lowest BCUT2D eigenvalue weighted by Gasteiger charge is -2.18. The zero-order valence-electron chi connectivity index (χ0n) is 15.2. The van der Waals surface area contributed by atoms with E-state index in [9.17, 15) is 0 Å². The maximum Gasteiger partial charge on any atom is 0.248 e. The number of hydrogen-bond acceptors (Lipinski definition) is 5. The molecule has 0 aliphatic rings. The van der Waals surface area contributed by atoms with Crippen molar-refractivity contribution < 1.29 is 13.9 Å². The van der Waals surface area contributed by atoms with Crippen LogP contribution < -0.4 is 9.47 Å². The average Bonchev–Trinajstić information content (AvgIpc) is 3.10. The fraction of sp³-hybridized carbons (Fsp3) is 0.300. The summed E-state index contributed by atoms with van der Waals surface area (Å²) in [4.78, 5) is 0. The molecule has 0 fully saturated rings. The predicted molar refractivity (Wildman–Crippen MR) is 97.0 cm³/mol. The summed E-state index contributed by atoms with van der Waals surface area (Å²) in [5.74, 6) is 2.25. The van der Waals surface area contributed by atoms with Crippen molar-refractivity contribution in [3.8, 4) is 34.4 Å². The minimum atomic E-state index is 0.107. The molecule has 0 aliphatic carbocycles. The van der Waals surface area contributed by atoms with Crippen LogP contribution in [0.5, 0.6) is 11.5 Å². The summed E-state index contributed by atoms with van der Waals surface area (Å²) in [5, 5.41) is 8.32. The maximum absolute atomic E-state index is 5.85. The molecule has 0 spiro atoms. The molecule has 0 saturated carbocycles. The van der Waals surface area contributed by atoms with E-state index in [0.29, 0.717) is 23.3 Å². The van der Waals surface area contributed by atoms with E-state index in [4.69, 9.17) is 13.9 Å². The second-order valence-corrected chi connectivity index (χ2v) is 6.84. The number of benzene rings is 2. The molecule has 0 N–H and O–H groups in total. The van der Waals surface area contributed by atoms with E-state index in [2.05, 4.69) is 43.1 Å². The molecular weight excluding hydrogens is 316 g/mol. The van der Waals surface area contributed by atoms with Crippen molar-refractivity contribution in [2.45, 2.75) is 26.2 Å². The number of rotatable bonds is 4. The van der Waals surface area contributed by atoms with E-state index < -0.39 is 0 Å². The SMILES string of the molecule is COc1cc(OC)cc(-c2nnc(-c3ccc(C(C)(C)C)cc3)o2)c1. The number of nitrogens with zero attached hydrogens (tertiary/aromatic N) is 2. The van der Waals surface area contributed by atoms with Crippen molar-refractivity contribution in [3.05, 3.63) is 48.0 Å². The van der Waals surface area contributed by atoms with E-state index >= 15 is 0 Å². The molecule has 5 nitrogen and oxygen atoms in total. The van der Waals surface area contributed by atoms with Crippen molar-refractivity contribution in [2.24, 2.45) is 0 Å². The molecule has 0 radical (unpaired) electrons. The van der Waals surface area contributed by atoms with Gasteiger partial charge >= 0.3 is 0 Å². The van der Waals surface area contributed by atoms with Crippen LogP contribution >= 0.6 is 0 Å². The van der Waals surface area contributed by atoms with E-state index in [1.807, 2.05) is 24.3 Å². The highest BCUT2D eigenvalue weighted by molar-refractivity contribution is 5.62. The Morgan fingerprint density at radius 3 is 1.76 bits per heavy atom. The molecule has 3 aromatic rings. The minimum Gasteiger partial charge on any atom is -0.497 e. The number of hydrogen-bond donors (Lipinski definition) is 0. The smallest absolute Gasteiger partial charge is 0.248 e. The van der Waals surface area contributed by atoms with Gasteiger partial charge in [-0.2, -0.15) is 0 Å². The Hall–Kier alpha value is -2.82. The summed E-state index contributed by atoms with van der Waals surface area (Å²) < 4.78 is 16.4. The summed E-state index contributed by atoms with van der Waals surface area (Å²) >= 11 is 0. The largest absolute Gasteiger partial charge is 0.497 e. The fourth-order valence-electron chi connectivity index (χ4n) is 2.50. The Bertz CT molecular complexity index is 839. The van der Waals surface area contributed by atoms with Crippen LogP contribution in [0.4, 0.5) is 0 Å². The molecule has 1 heterocycles. The van der Waals surface area contributed by atoms with Gasteiger partial charge in [0.1, 0.15) is 11.5 Å². The van der Waals surface area contributed by atoms with Gasteiger partial charge in [0, 0.05) is 17.2 Å². The second kappa shape index (κ2) is 6.59. The highest BCUT2D eigenvalue weighted by Crippen LogP contribution is 2.31. The van der Waals surface area contributed by atoms with Crippen LogP contribution in [0.1, 0.15) is 26.3 Å². The summed E-state index contributed by atoms with van der Waals surface area (Å²) in [5.41, 5.74) is 3.01. The molecule has 2 aromatic carbocycles. The predicted octanol–water partition coefficient (Wildman–Crippen LogP) is 4.72. The molecule has 25 heavy (non-hydrogen) atoms. The Kier molecular flexibility index (Phi) is 4.49. The molecule has 0 amide bonds. The lowest BCUT2D eigenvalue weighted by Crippen LogP contribution is -2.10. The molecule has 0 bridgehead atoms. The van der Waals surface area contributed by atoms with E-state index in [1.165, 1.54) is 5.56 Å². The standard InChI is InChI=1S/C20H22N2O3/c1-20(2,3)15-8-6-13(7-9-15)18-21-22-19(25-18)14-10-16(23-4)12-17(11-14)24-5/h6-12H,1-5H3. The molecule has 130 valence electrons. The van der Waals surface area contributed by atoms with Crippen molar-refractivity contribution >= 4 is 0 Å². The minimum absolute atomic E-state index is 0.107. The number of aromatic nitrogens is 2. The fourth-order valence-corrected chi connectivity index (χ4v) is 2.50. The third-order valence-corrected chi connectivity index (χ3v) is 4.02. The first-order chi connectivity index (χ1) is 11.9. The summed E-state index contributed by atoms with van der Waals surface area (Å²) in [7, 11) is 3.21. The van der Waals surface area contributed by atoms with Gasteiger partial charge in [-0.3, -0.25) is 0 Å². The number of ether oxygens (including phenoxy) is 2. The molecule has 0 saturated heterocycles. The first-order valence-electron chi connectivity index (χ1n) is 8.08. The van der Waals surface area contributed by atoms with Crippen LogP contribution in [0.3, 0.4) is 0 Å². The zero-order chi connectivity index (χ0) is 18.0. The molecule has 0 atom stereocenters. The van der Waals surface area contributed by atoms with Gasteiger partial charge in [0.05, 0.1) is 14.2 Å². The molecular formula is C20H22N2O3. The first kappa shape index (κ1) is 17.0. The van der Waals surface area contributed by atoms with Gasteiger partial charge < -0.3 is 13.9 Å². The quantitative estimate of drug-likeness (QED) is 0.689. The van der Waals surface area contributed by atoms with Crippen LogP contribution in [0, 0.1) is 0 Å². The van der Waals surface area contributed by atoms with Crippen LogP contribution in [-0.2, 0) is 5.41 Å². The monoisotopic (exact) mass is 338 g/mol. The Morgan fingerprint density at radius 2 is 1.28 bits per heavy atom. The Balaban J connectivity index is 1.93. The van der Waals surface area contributed by atoms with Gasteiger partial charge in [-0.15, -0.1) is 10.2 Å². The highest BCUT2D eigenvalue weighted by Gasteiger charge is 2.16. The van der Waals surface area contributed by atoms with Gasteiger partial charge in [-0.05, 0) is 35.2 Å². The highest BCUT2D eigenvalue weighted by atomic mass is 16.5. The lowest BCUT2D eigenvalue weighted by atomic mass is 9.87. The molecule has 0 unspecified atom stereocenters. The van der Waals surface area contributed by atoms with Crippen molar-refractivity contribution in [1.29, 1.82) is 0 Å². The molecule has 1 aromatic heterocycles. The average molecular weight is 338 g/mol. The lowest BCUT2D eigenvalue weighted by molar-refractivity contribution is 0.394. The van der Waals surface area contributed by atoms with Gasteiger partial charge in [0.15, 0.2) is 0 Å². The first-order valence-corrected chi connectivity index (χ1v) is 8.08. The topological polar surface area (TPSA) is 57.4 Å². The van der Waals surface area contributed by atoms with Gasteiger partial charge in [-0.1, -0.05) is 32.9 Å². The molecule has 0 aliphatic heterocycles.